The van der Waals surface area contributed by atoms with E-state index in [4.69, 9.17) is 4.74 Å². The van der Waals surface area contributed by atoms with Crippen molar-refractivity contribution in [2.75, 3.05) is 7.11 Å². The van der Waals surface area contributed by atoms with Crippen molar-refractivity contribution in [1.29, 1.82) is 0 Å². The second-order valence-corrected chi connectivity index (χ2v) is 6.02. The minimum Gasteiger partial charge on any atom is -0.496 e. The zero-order valence-corrected chi connectivity index (χ0v) is 12.9. The number of aliphatic carboxylic acids is 1. The number of rotatable bonds is 4. The number of carboxylic acids is 1. The normalized spacial score (nSPS) is 22.6. The number of Topliss-reactive ketones (excluding diaryl/α,β-unsaturated/α-hetero) is 1. The van der Waals surface area contributed by atoms with Crippen molar-refractivity contribution >= 4 is 27.7 Å². The van der Waals surface area contributed by atoms with E-state index in [1.54, 1.807) is 13.2 Å². The Balaban J connectivity index is 2.31. The predicted octanol–water partition coefficient (Wildman–Crippen LogP) is 3.21. The lowest BCUT2D eigenvalue weighted by Crippen LogP contribution is -2.43. The molecule has 0 amide bonds. The van der Waals surface area contributed by atoms with Crippen LogP contribution in [0.5, 0.6) is 5.75 Å². The van der Waals surface area contributed by atoms with Gasteiger partial charge >= 0.3 is 5.97 Å². The number of ether oxygens (including phenoxy) is 1. The van der Waals surface area contributed by atoms with E-state index in [2.05, 4.69) is 15.9 Å². The molecule has 0 spiro atoms. The monoisotopic (exact) mass is 340 g/mol. The molecule has 1 aliphatic carbocycles. The van der Waals surface area contributed by atoms with Gasteiger partial charge in [0.1, 0.15) is 11.2 Å². The van der Waals surface area contributed by atoms with Gasteiger partial charge in [0, 0.05) is 6.42 Å². The molecule has 1 atom stereocenters. The summed E-state index contributed by atoms with van der Waals surface area (Å²) < 4.78 is 5.92. The molecule has 0 radical (unpaired) electrons. The fraction of sp³-hybridized carbons (Fsp3) is 0.467. The van der Waals surface area contributed by atoms with Gasteiger partial charge < -0.3 is 9.84 Å². The van der Waals surface area contributed by atoms with E-state index in [1.807, 2.05) is 12.1 Å². The Kier molecular flexibility index (Phi) is 4.48. The molecule has 0 heterocycles. The highest BCUT2D eigenvalue weighted by Crippen LogP contribution is 2.38. The first-order valence-corrected chi connectivity index (χ1v) is 7.38. The van der Waals surface area contributed by atoms with Crippen molar-refractivity contribution in [2.45, 2.75) is 32.1 Å². The smallest absolute Gasteiger partial charge is 0.317 e. The van der Waals surface area contributed by atoms with E-state index in [0.29, 0.717) is 18.6 Å². The van der Waals surface area contributed by atoms with Crippen LogP contribution in [0.15, 0.2) is 22.7 Å². The number of carbonyl (C=O) groups is 2. The van der Waals surface area contributed by atoms with Gasteiger partial charge in [-0.25, -0.2) is 0 Å². The zero-order chi connectivity index (χ0) is 14.8. The summed E-state index contributed by atoms with van der Waals surface area (Å²) in [6.07, 6.45) is 2.60. The number of hydrogen-bond acceptors (Lipinski definition) is 3. The molecule has 0 aliphatic heterocycles. The van der Waals surface area contributed by atoms with Crippen LogP contribution in [0.3, 0.4) is 0 Å². The van der Waals surface area contributed by atoms with E-state index in [0.717, 1.165) is 22.9 Å². The van der Waals surface area contributed by atoms with Gasteiger partial charge in [-0.1, -0.05) is 12.5 Å². The van der Waals surface area contributed by atoms with Gasteiger partial charge in [0.2, 0.25) is 0 Å². The van der Waals surface area contributed by atoms with Crippen LogP contribution >= 0.6 is 15.9 Å². The first-order chi connectivity index (χ1) is 9.49. The highest BCUT2D eigenvalue weighted by molar-refractivity contribution is 9.10. The number of hydrogen-bond donors (Lipinski definition) is 1. The molecule has 1 unspecified atom stereocenters. The van der Waals surface area contributed by atoms with E-state index >= 15 is 0 Å². The number of carbonyl (C=O) groups excluding carboxylic acids is 1. The van der Waals surface area contributed by atoms with E-state index in [9.17, 15) is 14.7 Å². The van der Waals surface area contributed by atoms with Crippen molar-refractivity contribution in [3.63, 3.8) is 0 Å². The van der Waals surface area contributed by atoms with Gasteiger partial charge in [-0.2, -0.15) is 0 Å². The van der Waals surface area contributed by atoms with Crippen molar-refractivity contribution in [2.24, 2.45) is 5.41 Å². The van der Waals surface area contributed by atoms with Crippen LogP contribution in [0.1, 0.15) is 31.2 Å². The van der Waals surface area contributed by atoms with Crippen molar-refractivity contribution in [3.05, 3.63) is 28.2 Å². The Hall–Kier alpha value is -1.36. The molecule has 0 aromatic heterocycles. The number of benzene rings is 1. The van der Waals surface area contributed by atoms with Crippen molar-refractivity contribution in [3.8, 4) is 5.75 Å². The summed E-state index contributed by atoms with van der Waals surface area (Å²) in [4.78, 5) is 23.8. The highest BCUT2D eigenvalue weighted by Gasteiger charge is 2.46. The van der Waals surface area contributed by atoms with Gasteiger partial charge in [0.15, 0.2) is 5.78 Å². The molecule has 0 saturated heterocycles. The molecular weight excluding hydrogens is 324 g/mol. The van der Waals surface area contributed by atoms with Gasteiger partial charge in [-0.05, 0) is 52.9 Å². The van der Waals surface area contributed by atoms with Crippen LogP contribution in [0.2, 0.25) is 0 Å². The van der Waals surface area contributed by atoms with E-state index in [1.165, 1.54) is 0 Å². The maximum Gasteiger partial charge on any atom is 0.317 e. The second-order valence-electron chi connectivity index (χ2n) is 5.16. The standard InChI is InChI=1S/C15H17BrO4/c1-20-12-6-5-10(8-11(12)16)9-15(14(18)19)7-3-2-4-13(15)17/h5-6,8H,2-4,7,9H2,1H3,(H,18,19). The molecule has 1 aromatic rings. The Bertz CT molecular complexity index is 541. The fourth-order valence-corrected chi connectivity index (χ4v) is 3.34. The lowest BCUT2D eigenvalue weighted by molar-refractivity contribution is -0.157. The van der Waals surface area contributed by atoms with E-state index in [-0.39, 0.29) is 12.2 Å². The first kappa shape index (κ1) is 15.0. The van der Waals surface area contributed by atoms with E-state index < -0.39 is 11.4 Å². The van der Waals surface area contributed by atoms with Crippen LogP contribution < -0.4 is 4.74 Å². The summed E-state index contributed by atoms with van der Waals surface area (Å²) in [7, 11) is 1.57. The Morgan fingerprint density at radius 2 is 2.20 bits per heavy atom. The van der Waals surface area contributed by atoms with Crippen LogP contribution in [-0.2, 0) is 16.0 Å². The molecule has 1 aliphatic rings. The topological polar surface area (TPSA) is 63.6 Å². The molecule has 5 heteroatoms. The van der Waals surface area contributed by atoms with Crippen LogP contribution in [0.25, 0.3) is 0 Å². The molecule has 1 aromatic carbocycles. The maximum absolute atomic E-state index is 12.2. The van der Waals surface area contributed by atoms with Gasteiger partial charge in [-0.15, -0.1) is 0 Å². The fourth-order valence-electron chi connectivity index (χ4n) is 2.75. The number of halogens is 1. The third-order valence-electron chi connectivity index (χ3n) is 3.92. The minimum atomic E-state index is -1.26. The number of methoxy groups -OCH3 is 1. The molecular formula is C15H17BrO4. The largest absolute Gasteiger partial charge is 0.496 e. The molecule has 1 N–H and O–H groups in total. The average Bonchev–Trinajstić information content (AvgIpc) is 2.41. The Morgan fingerprint density at radius 3 is 2.75 bits per heavy atom. The van der Waals surface area contributed by atoms with Gasteiger partial charge in [0.05, 0.1) is 11.6 Å². The lowest BCUT2D eigenvalue weighted by Gasteiger charge is -2.31. The Morgan fingerprint density at radius 1 is 1.45 bits per heavy atom. The zero-order valence-electron chi connectivity index (χ0n) is 11.3. The predicted molar refractivity (Wildman–Crippen MR) is 77.9 cm³/mol. The van der Waals surface area contributed by atoms with Crippen molar-refractivity contribution < 1.29 is 19.4 Å². The van der Waals surface area contributed by atoms with Crippen molar-refractivity contribution in [1.82, 2.24) is 0 Å². The summed E-state index contributed by atoms with van der Waals surface area (Å²) in [5, 5.41) is 9.53. The third kappa shape index (κ3) is 2.73. The van der Waals surface area contributed by atoms with Crippen LogP contribution in [0.4, 0.5) is 0 Å². The molecule has 1 saturated carbocycles. The molecule has 108 valence electrons. The summed E-state index contributed by atoms with van der Waals surface area (Å²) in [5.41, 5.74) is -0.429. The summed E-state index contributed by atoms with van der Waals surface area (Å²) in [5.74, 6) is -0.467. The minimum absolute atomic E-state index is 0.150. The SMILES string of the molecule is COc1ccc(CC2(C(=O)O)CCCCC2=O)cc1Br. The van der Waals surface area contributed by atoms with Gasteiger partial charge in [-0.3, -0.25) is 9.59 Å². The summed E-state index contributed by atoms with van der Waals surface area (Å²) >= 11 is 3.38. The lowest BCUT2D eigenvalue weighted by atomic mass is 9.69. The second kappa shape index (κ2) is 5.95. The Labute approximate surface area is 126 Å². The molecule has 2 rings (SSSR count). The quantitative estimate of drug-likeness (QED) is 0.854. The van der Waals surface area contributed by atoms with Gasteiger partial charge in [0.25, 0.3) is 0 Å². The molecule has 1 fully saturated rings. The first-order valence-electron chi connectivity index (χ1n) is 6.59. The third-order valence-corrected chi connectivity index (χ3v) is 4.54. The number of carboxylic acid groups (broad SMARTS) is 1. The molecule has 0 bridgehead atoms. The van der Waals surface area contributed by atoms with Crippen LogP contribution in [0, 0.1) is 5.41 Å². The highest BCUT2D eigenvalue weighted by atomic mass is 79.9. The molecule has 4 nitrogen and oxygen atoms in total. The summed E-state index contributed by atoms with van der Waals surface area (Å²) in [6, 6.07) is 5.42. The summed E-state index contributed by atoms with van der Waals surface area (Å²) in [6.45, 7) is 0. The maximum atomic E-state index is 12.2. The molecule has 20 heavy (non-hydrogen) atoms. The average molecular weight is 341 g/mol. The number of ketones is 1. The van der Waals surface area contributed by atoms with Crippen LogP contribution in [-0.4, -0.2) is 24.0 Å².